The Bertz CT molecular complexity index is 944. The Balaban J connectivity index is 2.00. The normalized spacial score (nSPS) is 11.7. The van der Waals surface area contributed by atoms with E-state index in [4.69, 9.17) is 4.52 Å². The van der Waals surface area contributed by atoms with E-state index in [1.165, 1.54) is 30.8 Å². The summed E-state index contributed by atoms with van der Waals surface area (Å²) in [7, 11) is 1.48. The van der Waals surface area contributed by atoms with Gasteiger partial charge >= 0.3 is 11.9 Å². The maximum atomic E-state index is 12.6. The van der Waals surface area contributed by atoms with Gasteiger partial charge in [0.25, 0.3) is 5.89 Å². The fourth-order valence-corrected chi connectivity index (χ4v) is 2.35. The van der Waals surface area contributed by atoms with Gasteiger partial charge in [-0.2, -0.15) is 23.3 Å². The summed E-state index contributed by atoms with van der Waals surface area (Å²) in [5.74, 6) is -0.137. The van der Waals surface area contributed by atoms with Crippen LogP contribution in [0.2, 0.25) is 0 Å². The number of alkyl halides is 3. The largest absolute Gasteiger partial charge is 0.416 e. The zero-order chi connectivity index (χ0) is 18.4. The van der Waals surface area contributed by atoms with Gasteiger partial charge < -0.3 is 4.52 Å². The number of rotatable bonds is 3. The van der Waals surface area contributed by atoms with Crippen LogP contribution in [0.3, 0.4) is 0 Å². The smallest absolute Gasteiger partial charge is 0.332 e. The highest BCUT2D eigenvalue weighted by Crippen LogP contribution is 2.33. The minimum Gasteiger partial charge on any atom is -0.332 e. The lowest BCUT2D eigenvalue weighted by Crippen LogP contribution is -2.04. The SMILES string of the molecule is Cc1nn(C)c(-c2nc(-c3ccc(C(F)(F)F)cc3)no2)c1[N+](=O)[O-]. The average Bonchev–Trinajstić information content (AvgIpc) is 3.10. The van der Waals surface area contributed by atoms with Gasteiger partial charge in [0.05, 0.1) is 10.5 Å². The first-order valence-electron chi connectivity index (χ1n) is 6.88. The van der Waals surface area contributed by atoms with Gasteiger partial charge in [-0.3, -0.25) is 14.8 Å². The third-order valence-corrected chi connectivity index (χ3v) is 3.47. The molecule has 0 radical (unpaired) electrons. The minimum atomic E-state index is -4.45. The van der Waals surface area contributed by atoms with E-state index in [0.717, 1.165) is 12.1 Å². The first-order valence-corrected chi connectivity index (χ1v) is 6.88. The zero-order valence-corrected chi connectivity index (χ0v) is 12.9. The maximum absolute atomic E-state index is 12.6. The standard InChI is InChI=1S/C14H10F3N5O3/c1-7-10(22(23)24)11(21(2)19-7)13-18-12(20-25-13)8-3-5-9(6-4-8)14(15,16)17/h3-6H,1-2H3. The highest BCUT2D eigenvalue weighted by molar-refractivity contribution is 5.66. The molecule has 0 aliphatic rings. The lowest BCUT2D eigenvalue weighted by molar-refractivity contribution is -0.384. The first-order chi connectivity index (χ1) is 11.7. The van der Waals surface area contributed by atoms with Crippen LogP contribution in [0.1, 0.15) is 11.3 Å². The average molecular weight is 353 g/mol. The number of nitrogens with zero attached hydrogens (tertiary/aromatic N) is 5. The van der Waals surface area contributed by atoms with Gasteiger partial charge in [-0.1, -0.05) is 17.3 Å². The van der Waals surface area contributed by atoms with Crippen molar-refractivity contribution in [1.29, 1.82) is 0 Å². The molecule has 0 unspecified atom stereocenters. The monoisotopic (exact) mass is 353 g/mol. The number of hydrogen-bond donors (Lipinski definition) is 0. The second kappa shape index (κ2) is 5.69. The topological polar surface area (TPSA) is 99.9 Å². The molecule has 0 aliphatic carbocycles. The van der Waals surface area contributed by atoms with Crippen molar-refractivity contribution >= 4 is 5.69 Å². The molecule has 130 valence electrons. The summed E-state index contributed by atoms with van der Waals surface area (Å²) < 4.78 is 44.0. The van der Waals surface area contributed by atoms with Gasteiger partial charge in [-0.05, 0) is 19.1 Å². The number of aromatic nitrogens is 4. The highest BCUT2D eigenvalue weighted by atomic mass is 19.4. The molecule has 1 aromatic carbocycles. The van der Waals surface area contributed by atoms with Crippen molar-refractivity contribution in [2.45, 2.75) is 13.1 Å². The van der Waals surface area contributed by atoms with Crippen LogP contribution in [0, 0.1) is 17.0 Å². The quantitative estimate of drug-likeness (QED) is 0.529. The van der Waals surface area contributed by atoms with Crippen LogP contribution in [0.5, 0.6) is 0 Å². The summed E-state index contributed by atoms with van der Waals surface area (Å²) in [6, 6.07) is 4.17. The van der Waals surface area contributed by atoms with Crippen LogP contribution >= 0.6 is 0 Å². The molecule has 0 saturated carbocycles. The minimum absolute atomic E-state index is 0.0110. The maximum Gasteiger partial charge on any atom is 0.416 e. The third kappa shape index (κ3) is 2.95. The second-order valence-corrected chi connectivity index (χ2v) is 5.16. The van der Waals surface area contributed by atoms with E-state index >= 15 is 0 Å². The molecule has 0 N–H and O–H groups in total. The number of hydrogen-bond acceptors (Lipinski definition) is 6. The van der Waals surface area contributed by atoms with Crippen LogP contribution in [0.15, 0.2) is 28.8 Å². The molecule has 3 rings (SSSR count). The third-order valence-electron chi connectivity index (χ3n) is 3.47. The van der Waals surface area contributed by atoms with Crippen molar-refractivity contribution in [2.75, 3.05) is 0 Å². The number of nitro groups is 1. The summed E-state index contributed by atoms with van der Waals surface area (Å²) in [4.78, 5) is 14.6. The number of benzene rings is 1. The lowest BCUT2D eigenvalue weighted by Gasteiger charge is -2.05. The summed E-state index contributed by atoms with van der Waals surface area (Å²) in [5, 5.41) is 18.8. The van der Waals surface area contributed by atoms with E-state index in [2.05, 4.69) is 15.2 Å². The molecule has 8 nitrogen and oxygen atoms in total. The van der Waals surface area contributed by atoms with Crippen LogP contribution < -0.4 is 0 Å². The Kier molecular flexibility index (Phi) is 3.78. The number of halogens is 3. The van der Waals surface area contributed by atoms with Gasteiger partial charge in [0, 0.05) is 12.6 Å². The van der Waals surface area contributed by atoms with E-state index in [0.29, 0.717) is 0 Å². The molecule has 0 aliphatic heterocycles. The molecule has 0 spiro atoms. The predicted molar refractivity (Wildman–Crippen MR) is 78.3 cm³/mol. The van der Waals surface area contributed by atoms with Gasteiger partial charge in [-0.25, -0.2) is 0 Å². The van der Waals surface area contributed by atoms with Crippen molar-refractivity contribution in [2.24, 2.45) is 7.05 Å². The molecule has 25 heavy (non-hydrogen) atoms. The Morgan fingerprint density at radius 3 is 2.44 bits per heavy atom. The molecule has 0 saturated heterocycles. The zero-order valence-electron chi connectivity index (χ0n) is 12.9. The van der Waals surface area contributed by atoms with Gasteiger partial charge in [0.1, 0.15) is 5.69 Å². The van der Waals surface area contributed by atoms with E-state index in [9.17, 15) is 23.3 Å². The Labute approximate surface area is 138 Å². The summed E-state index contributed by atoms with van der Waals surface area (Å²) in [6.07, 6.45) is -4.45. The predicted octanol–water partition coefficient (Wildman–Crippen LogP) is 3.37. The van der Waals surface area contributed by atoms with Crippen LogP contribution in [-0.2, 0) is 13.2 Å². The van der Waals surface area contributed by atoms with Crippen molar-refractivity contribution in [3.63, 3.8) is 0 Å². The molecule has 2 heterocycles. The molecule has 0 fully saturated rings. The first kappa shape index (κ1) is 16.6. The summed E-state index contributed by atoms with van der Waals surface area (Å²) in [6.45, 7) is 1.47. The van der Waals surface area contributed by atoms with Crippen molar-refractivity contribution < 1.29 is 22.6 Å². The number of aryl methyl sites for hydroxylation is 2. The molecular formula is C14H10F3N5O3. The van der Waals surface area contributed by atoms with Crippen molar-refractivity contribution in [3.8, 4) is 23.0 Å². The Morgan fingerprint density at radius 2 is 1.88 bits per heavy atom. The second-order valence-electron chi connectivity index (χ2n) is 5.16. The van der Waals surface area contributed by atoms with Crippen molar-refractivity contribution in [1.82, 2.24) is 19.9 Å². The molecule has 3 aromatic rings. The molecule has 0 bridgehead atoms. The van der Waals surface area contributed by atoms with Crippen LogP contribution in [-0.4, -0.2) is 24.8 Å². The van der Waals surface area contributed by atoms with Crippen LogP contribution in [0.25, 0.3) is 23.0 Å². The summed E-state index contributed by atoms with van der Waals surface area (Å²) in [5.41, 5.74) is -0.600. The molecule has 2 aromatic heterocycles. The fraction of sp³-hybridized carbons (Fsp3) is 0.214. The molecule has 0 atom stereocenters. The highest BCUT2D eigenvalue weighted by Gasteiger charge is 2.31. The van der Waals surface area contributed by atoms with E-state index in [1.54, 1.807) is 0 Å². The Morgan fingerprint density at radius 1 is 1.24 bits per heavy atom. The lowest BCUT2D eigenvalue weighted by atomic mass is 10.1. The van der Waals surface area contributed by atoms with Gasteiger partial charge in [0.2, 0.25) is 11.5 Å². The fourth-order valence-electron chi connectivity index (χ4n) is 2.35. The molecule has 0 amide bonds. The summed E-state index contributed by atoms with van der Waals surface area (Å²) >= 11 is 0. The van der Waals surface area contributed by atoms with Gasteiger partial charge in [0.15, 0.2) is 0 Å². The molecular weight excluding hydrogens is 343 g/mol. The van der Waals surface area contributed by atoms with Gasteiger partial charge in [-0.15, -0.1) is 0 Å². The van der Waals surface area contributed by atoms with Crippen LogP contribution in [0.4, 0.5) is 18.9 Å². The molecule has 11 heteroatoms. The van der Waals surface area contributed by atoms with E-state index < -0.39 is 16.7 Å². The Hall–Kier alpha value is -3.24. The van der Waals surface area contributed by atoms with E-state index in [-0.39, 0.29) is 34.4 Å². The van der Waals surface area contributed by atoms with E-state index in [1.807, 2.05) is 0 Å². The van der Waals surface area contributed by atoms with Crippen molar-refractivity contribution in [3.05, 3.63) is 45.6 Å².